The maximum absolute atomic E-state index is 5.78. The summed E-state index contributed by atoms with van der Waals surface area (Å²) in [5.41, 5.74) is 0.301. The van der Waals surface area contributed by atoms with Crippen LogP contribution in [0, 0.1) is 10.8 Å². The Morgan fingerprint density at radius 2 is 1.25 bits per heavy atom. The lowest BCUT2D eigenvalue weighted by Crippen LogP contribution is -2.38. The molecular weight excluding hydrogens is 200 g/mol. The lowest BCUT2D eigenvalue weighted by atomic mass is 9.83. The maximum Gasteiger partial charge on any atom is 0.0888 e. The molecule has 0 amide bonds. The van der Waals surface area contributed by atoms with Crippen molar-refractivity contribution in [3.8, 4) is 0 Å². The second kappa shape index (κ2) is 5.50. The molecule has 0 rings (SSSR count). The number of rotatable bonds is 5. The highest BCUT2D eigenvalue weighted by Gasteiger charge is 2.30. The van der Waals surface area contributed by atoms with Gasteiger partial charge in [-0.15, -0.1) is 0 Å². The molecule has 0 aromatic rings. The van der Waals surface area contributed by atoms with Crippen LogP contribution in [-0.4, -0.2) is 25.9 Å². The van der Waals surface area contributed by atoms with Crippen LogP contribution in [0.4, 0.5) is 0 Å². The van der Waals surface area contributed by atoms with Crippen molar-refractivity contribution < 1.29 is 9.47 Å². The molecule has 0 saturated carbocycles. The van der Waals surface area contributed by atoms with E-state index in [0.717, 1.165) is 13.0 Å². The molecule has 98 valence electrons. The Balaban J connectivity index is 4.18. The standard InChI is InChI=1S/C14H30O2/c1-12(2,3)9-14(7,15-8)11-16-10-13(4,5)6/h9-11H2,1-8H3/t14-/m1/s1. The monoisotopic (exact) mass is 230 g/mol. The largest absolute Gasteiger partial charge is 0.378 e. The Morgan fingerprint density at radius 3 is 1.56 bits per heavy atom. The molecule has 0 aliphatic carbocycles. The van der Waals surface area contributed by atoms with Gasteiger partial charge in [0.2, 0.25) is 0 Å². The van der Waals surface area contributed by atoms with Crippen molar-refractivity contribution >= 4 is 0 Å². The molecule has 2 heteroatoms. The topological polar surface area (TPSA) is 18.5 Å². The van der Waals surface area contributed by atoms with Gasteiger partial charge >= 0.3 is 0 Å². The van der Waals surface area contributed by atoms with Gasteiger partial charge in [-0.2, -0.15) is 0 Å². The molecule has 0 aliphatic heterocycles. The number of ether oxygens (including phenoxy) is 2. The van der Waals surface area contributed by atoms with Crippen LogP contribution >= 0.6 is 0 Å². The first-order chi connectivity index (χ1) is 6.97. The van der Waals surface area contributed by atoms with E-state index < -0.39 is 0 Å². The molecule has 0 fully saturated rings. The summed E-state index contributed by atoms with van der Waals surface area (Å²) in [6.07, 6.45) is 1.00. The molecule has 0 spiro atoms. The van der Waals surface area contributed by atoms with Crippen molar-refractivity contribution in [2.24, 2.45) is 10.8 Å². The van der Waals surface area contributed by atoms with E-state index in [4.69, 9.17) is 9.47 Å². The fraction of sp³-hybridized carbons (Fsp3) is 1.00. The predicted octanol–water partition coefficient (Wildman–Crippen LogP) is 3.89. The molecule has 0 saturated heterocycles. The summed E-state index contributed by atoms with van der Waals surface area (Å²) in [4.78, 5) is 0. The summed E-state index contributed by atoms with van der Waals surface area (Å²) < 4.78 is 11.4. The van der Waals surface area contributed by atoms with Crippen LogP contribution in [-0.2, 0) is 9.47 Å². The average Bonchev–Trinajstić information content (AvgIpc) is 1.98. The van der Waals surface area contributed by atoms with Gasteiger partial charge in [0, 0.05) is 7.11 Å². The van der Waals surface area contributed by atoms with Crippen molar-refractivity contribution in [1.82, 2.24) is 0 Å². The third-order valence-electron chi connectivity index (χ3n) is 2.34. The fourth-order valence-corrected chi connectivity index (χ4v) is 1.88. The molecule has 0 radical (unpaired) electrons. The second-order valence-corrected chi connectivity index (χ2v) is 7.44. The Labute approximate surface area is 102 Å². The van der Waals surface area contributed by atoms with Gasteiger partial charge in [0.1, 0.15) is 0 Å². The Hall–Kier alpha value is -0.0800. The third kappa shape index (κ3) is 8.12. The molecule has 0 heterocycles. The normalized spacial score (nSPS) is 17.2. The van der Waals surface area contributed by atoms with E-state index in [1.807, 2.05) is 0 Å². The Bertz CT molecular complexity index is 198. The minimum Gasteiger partial charge on any atom is -0.378 e. The number of hydrogen-bond acceptors (Lipinski definition) is 2. The van der Waals surface area contributed by atoms with E-state index in [2.05, 4.69) is 48.5 Å². The summed E-state index contributed by atoms with van der Waals surface area (Å²) in [6, 6.07) is 0. The zero-order valence-electron chi connectivity index (χ0n) is 12.4. The van der Waals surface area contributed by atoms with Gasteiger partial charge in [-0.25, -0.2) is 0 Å². The van der Waals surface area contributed by atoms with Crippen LogP contribution in [0.3, 0.4) is 0 Å². The first-order valence-corrected chi connectivity index (χ1v) is 6.10. The van der Waals surface area contributed by atoms with Crippen molar-refractivity contribution in [2.45, 2.75) is 60.5 Å². The molecule has 0 N–H and O–H groups in total. The van der Waals surface area contributed by atoms with Crippen LogP contribution in [0.1, 0.15) is 54.9 Å². The van der Waals surface area contributed by atoms with E-state index in [1.165, 1.54) is 0 Å². The smallest absolute Gasteiger partial charge is 0.0888 e. The van der Waals surface area contributed by atoms with E-state index in [-0.39, 0.29) is 16.4 Å². The first-order valence-electron chi connectivity index (χ1n) is 6.10. The minimum absolute atomic E-state index is 0.177. The number of methoxy groups -OCH3 is 1. The minimum atomic E-state index is -0.177. The van der Waals surface area contributed by atoms with Crippen LogP contribution in [0.2, 0.25) is 0 Å². The summed E-state index contributed by atoms with van der Waals surface area (Å²) in [5.74, 6) is 0. The summed E-state index contributed by atoms with van der Waals surface area (Å²) in [6.45, 7) is 16.8. The van der Waals surface area contributed by atoms with Gasteiger partial charge in [-0.1, -0.05) is 41.5 Å². The lowest BCUT2D eigenvalue weighted by molar-refractivity contribution is -0.0931. The molecule has 0 aromatic heterocycles. The second-order valence-electron chi connectivity index (χ2n) is 7.44. The molecule has 0 aliphatic rings. The number of hydrogen-bond donors (Lipinski definition) is 0. The summed E-state index contributed by atoms with van der Waals surface area (Å²) in [7, 11) is 1.77. The maximum atomic E-state index is 5.78. The SMILES string of the molecule is CO[C@@](C)(COCC(C)(C)C)CC(C)(C)C. The van der Waals surface area contributed by atoms with Gasteiger partial charge in [0.25, 0.3) is 0 Å². The van der Waals surface area contributed by atoms with Crippen molar-refractivity contribution in [1.29, 1.82) is 0 Å². The van der Waals surface area contributed by atoms with Crippen LogP contribution < -0.4 is 0 Å². The zero-order valence-corrected chi connectivity index (χ0v) is 12.4. The average molecular weight is 230 g/mol. The fourth-order valence-electron chi connectivity index (χ4n) is 1.88. The van der Waals surface area contributed by atoms with Crippen LogP contribution in [0.25, 0.3) is 0 Å². The van der Waals surface area contributed by atoms with Gasteiger partial charge < -0.3 is 9.47 Å². The van der Waals surface area contributed by atoms with E-state index in [0.29, 0.717) is 6.61 Å². The van der Waals surface area contributed by atoms with Crippen LogP contribution in [0.15, 0.2) is 0 Å². The van der Waals surface area contributed by atoms with Gasteiger partial charge in [-0.3, -0.25) is 0 Å². The van der Waals surface area contributed by atoms with Crippen molar-refractivity contribution in [2.75, 3.05) is 20.3 Å². The third-order valence-corrected chi connectivity index (χ3v) is 2.34. The summed E-state index contributed by atoms with van der Waals surface area (Å²) in [5, 5.41) is 0. The zero-order chi connectivity index (χ0) is 13.0. The predicted molar refractivity (Wildman–Crippen MR) is 69.8 cm³/mol. The lowest BCUT2D eigenvalue weighted by Gasteiger charge is -2.35. The molecule has 16 heavy (non-hydrogen) atoms. The van der Waals surface area contributed by atoms with Gasteiger partial charge in [0.05, 0.1) is 18.8 Å². The molecular formula is C14H30O2. The molecule has 2 nitrogen and oxygen atoms in total. The van der Waals surface area contributed by atoms with Crippen molar-refractivity contribution in [3.63, 3.8) is 0 Å². The Morgan fingerprint density at radius 1 is 0.750 bits per heavy atom. The quantitative estimate of drug-likeness (QED) is 0.713. The van der Waals surface area contributed by atoms with Gasteiger partial charge in [-0.05, 0) is 24.2 Å². The van der Waals surface area contributed by atoms with E-state index in [1.54, 1.807) is 7.11 Å². The highest BCUT2D eigenvalue weighted by molar-refractivity contribution is 4.81. The first kappa shape index (κ1) is 15.9. The molecule has 1 atom stereocenters. The van der Waals surface area contributed by atoms with Crippen LogP contribution in [0.5, 0.6) is 0 Å². The van der Waals surface area contributed by atoms with E-state index in [9.17, 15) is 0 Å². The van der Waals surface area contributed by atoms with Crippen molar-refractivity contribution in [3.05, 3.63) is 0 Å². The Kier molecular flexibility index (Phi) is 5.48. The molecule has 0 aromatic carbocycles. The molecule has 0 unspecified atom stereocenters. The highest BCUT2D eigenvalue weighted by atomic mass is 16.5. The van der Waals surface area contributed by atoms with Gasteiger partial charge in [0.15, 0.2) is 0 Å². The molecule has 0 bridgehead atoms. The van der Waals surface area contributed by atoms with E-state index >= 15 is 0 Å². The summed E-state index contributed by atoms with van der Waals surface area (Å²) >= 11 is 0. The highest BCUT2D eigenvalue weighted by Crippen LogP contribution is 2.30.